The first-order chi connectivity index (χ1) is 6.27. The molecule has 0 radical (unpaired) electrons. The summed E-state index contributed by atoms with van der Waals surface area (Å²) in [6.07, 6.45) is 0. The van der Waals surface area contributed by atoms with E-state index in [0.717, 1.165) is 17.6 Å². The Balaban J connectivity index is 2.17. The van der Waals surface area contributed by atoms with E-state index in [1.165, 1.54) is 6.07 Å². The summed E-state index contributed by atoms with van der Waals surface area (Å²) < 4.78 is 14.0. The minimum absolute atomic E-state index is 0.207. The number of benzene rings is 1. The zero-order valence-corrected chi connectivity index (χ0v) is 8.57. The third-order valence-electron chi connectivity index (χ3n) is 2.09. The van der Waals surface area contributed by atoms with Gasteiger partial charge in [-0.3, -0.25) is 0 Å². The summed E-state index contributed by atoms with van der Waals surface area (Å²) in [4.78, 5) is 0. The van der Waals surface area contributed by atoms with E-state index in [2.05, 4.69) is 26.6 Å². The van der Waals surface area contributed by atoms with Gasteiger partial charge in [0, 0.05) is 17.6 Å². The zero-order chi connectivity index (χ0) is 9.26. The second-order valence-electron chi connectivity index (χ2n) is 3.10. The molecule has 0 bridgehead atoms. The topological polar surface area (TPSA) is 24.1 Å². The fourth-order valence-electron chi connectivity index (χ4n) is 1.23. The van der Waals surface area contributed by atoms with Crippen molar-refractivity contribution in [1.82, 2.24) is 5.32 Å². The largest absolute Gasteiger partial charge is 0.376 e. The molecule has 2 N–H and O–H groups in total. The first-order valence-electron chi connectivity index (χ1n) is 4.18. The molecule has 0 saturated carbocycles. The van der Waals surface area contributed by atoms with Crippen LogP contribution in [-0.4, -0.2) is 19.1 Å². The summed E-state index contributed by atoms with van der Waals surface area (Å²) in [5.41, 5.74) is 0.564. The molecule has 1 aliphatic rings. The van der Waals surface area contributed by atoms with Crippen molar-refractivity contribution in [3.8, 4) is 0 Å². The molecule has 0 unspecified atom stereocenters. The Bertz CT molecular complexity index is 292. The zero-order valence-electron chi connectivity index (χ0n) is 6.98. The molecule has 1 aliphatic heterocycles. The molecule has 0 aromatic heterocycles. The molecule has 1 fully saturated rings. The number of hydrogen-bond acceptors (Lipinski definition) is 2. The first kappa shape index (κ1) is 8.97. The highest BCUT2D eigenvalue weighted by molar-refractivity contribution is 9.10. The van der Waals surface area contributed by atoms with Crippen LogP contribution in [0.2, 0.25) is 0 Å². The Labute approximate surface area is 84.7 Å². The van der Waals surface area contributed by atoms with Crippen molar-refractivity contribution < 1.29 is 4.39 Å². The molecule has 0 atom stereocenters. The van der Waals surface area contributed by atoms with E-state index < -0.39 is 0 Å². The number of nitrogens with one attached hydrogen (secondary N) is 2. The Kier molecular flexibility index (Phi) is 2.51. The summed E-state index contributed by atoms with van der Waals surface area (Å²) >= 11 is 3.31. The molecule has 4 heteroatoms. The summed E-state index contributed by atoms with van der Waals surface area (Å²) in [5, 5.41) is 6.25. The van der Waals surface area contributed by atoms with Gasteiger partial charge < -0.3 is 10.6 Å². The fourth-order valence-corrected chi connectivity index (χ4v) is 1.69. The molecule has 0 spiro atoms. The lowest BCUT2D eigenvalue weighted by Gasteiger charge is -2.29. The molecule has 0 aliphatic carbocycles. The summed E-state index contributed by atoms with van der Waals surface area (Å²) in [5.74, 6) is -0.207. The minimum Gasteiger partial charge on any atom is -0.376 e. The number of halogens is 2. The molecule has 1 aromatic carbocycles. The normalized spacial score (nSPS) is 16.8. The van der Waals surface area contributed by atoms with Gasteiger partial charge in [0.25, 0.3) is 0 Å². The number of anilines is 1. The summed E-state index contributed by atoms with van der Waals surface area (Å²) in [6, 6.07) is 5.33. The molecule has 1 aromatic rings. The van der Waals surface area contributed by atoms with Gasteiger partial charge in [-0.15, -0.1) is 0 Å². The third-order valence-corrected chi connectivity index (χ3v) is 2.75. The molecule has 2 nitrogen and oxygen atoms in total. The second-order valence-corrected chi connectivity index (χ2v) is 3.95. The van der Waals surface area contributed by atoms with Crippen LogP contribution in [0.15, 0.2) is 22.7 Å². The lowest BCUT2D eigenvalue weighted by atomic mass is 10.1. The SMILES string of the molecule is Fc1cccc(Br)c1NC1CNC1. The fraction of sp³-hybridized carbons (Fsp3) is 0.333. The lowest BCUT2D eigenvalue weighted by molar-refractivity contribution is 0.469. The average Bonchev–Trinajstić information content (AvgIpc) is 2.00. The quantitative estimate of drug-likeness (QED) is 0.832. The van der Waals surface area contributed by atoms with Crippen LogP contribution in [0, 0.1) is 5.82 Å². The number of rotatable bonds is 2. The molecule has 0 amide bonds. The van der Waals surface area contributed by atoms with Crippen molar-refractivity contribution in [2.24, 2.45) is 0 Å². The van der Waals surface area contributed by atoms with Gasteiger partial charge in [0.15, 0.2) is 0 Å². The van der Waals surface area contributed by atoms with Gasteiger partial charge in [-0.1, -0.05) is 6.07 Å². The first-order valence-corrected chi connectivity index (χ1v) is 4.98. The predicted molar refractivity (Wildman–Crippen MR) is 54.4 cm³/mol. The van der Waals surface area contributed by atoms with Crippen LogP contribution < -0.4 is 10.6 Å². The molecule has 1 heterocycles. The van der Waals surface area contributed by atoms with Gasteiger partial charge >= 0.3 is 0 Å². The molecule has 13 heavy (non-hydrogen) atoms. The highest BCUT2D eigenvalue weighted by Crippen LogP contribution is 2.26. The van der Waals surface area contributed by atoms with Gasteiger partial charge in [0.05, 0.1) is 11.7 Å². The van der Waals surface area contributed by atoms with Crippen molar-refractivity contribution in [3.63, 3.8) is 0 Å². The average molecular weight is 245 g/mol. The van der Waals surface area contributed by atoms with Gasteiger partial charge in [-0.2, -0.15) is 0 Å². The summed E-state index contributed by atoms with van der Waals surface area (Å²) in [6.45, 7) is 1.81. The Morgan fingerprint density at radius 2 is 2.23 bits per heavy atom. The van der Waals surface area contributed by atoms with E-state index in [1.807, 2.05) is 6.07 Å². The molecular weight excluding hydrogens is 235 g/mol. The Hall–Kier alpha value is -0.610. The van der Waals surface area contributed by atoms with Crippen LogP contribution in [0.5, 0.6) is 0 Å². The van der Waals surface area contributed by atoms with E-state index in [4.69, 9.17) is 0 Å². The van der Waals surface area contributed by atoms with Crippen molar-refractivity contribution in [3.05, 3.63) is 28.5 Å². The minimum atomic E-state index is -0.207. The molecule has 70 valence electrons. The standard InChI is InChI=1S/C9H10BrFN2/c10-7-2-1-3-8(11)9(7)13-6-4-12-5-6/h1-3,6,12-13H,4-5H2. The van der Waals surface area contributed by atoms with Crippen molar-refractivity contribution in [2.45, 2.75) is 6.04 Å². The van der Waals surface area contributed by atoms with E-state index in [9.17, 15) is 4.39 Å². The van der Waals surface area contributed by atoms with Gasteiger partial charge in [-0.25, -0.2) is 4.39 Å². The predicted octanol–water partition coefficient (Wildman–Crippen LogP) is 1.97. The highest BCUT2D eigenvalue weighted by atomic mass is 79.9. The van der Waals surface area contributed by atoms with Gasteiger partial charge in [-0.05, 0) is 28.1 Å². The lowest BCUT2D eigenvalue weighted by Crippen LogP contribution is -2.51. The molecule has 2 rings (SSSR count). The Morgan fingerprint density at radius 3 is 2.77 bits per heavy atom. The van der Waals surface area contributed by atoms with E-state index in [1.54, 1.807) is 6.07 Å². The second kappa shape index (κ2) is 3.64. The molecule has 1 saturated heterocycles. The number of para-hydroxylation sites is 1. The number of hydrogen-bond donors (Lipinski definition) is 2. The van der Waals surface area contributed by atoms with E-state index >= 15 is 0 Å². The maximum Gasteiger partial charge on any atom is 0.147 e. The van der Waals surface area contributed by atoms with Crippen LogP contribution in [0.3, 0.4) is 0 Å². The summed E-state index contributed by atoms with van der Waals surface area (Å²) in [7, 11) is 0. The van der Waals surface area contributed by atoms with Gasteiger partial charge in [0.2, 0.25) is 0 Å². The van der Waals surface area contributed by atoms with Gasteiger partial charge in [0.1, 0.15) is 5.82 Å². The van der Waals surface area contributed by atoms with Crippen LogP contribution in [0.4, 0.5) is 10.1 Å². The van der Waals surface area contributed by atoms with Crippen molar-refractivity contribution in [2.75, 3.05) is 18.4 Å². The smallest absolute Gasteiger partial charge is 0.147 e. The van der Waals surface area contributed by atoms with Crippen LogP contribution in [0.1, 0.15) is 0 Å². The molecular formula is C9H10BrFN2. The third kappa shape index (κ3) is 1.84. The monoisotopic (exact) mass is 244 g/mol. The van der Waals surface area contributed by atoms with Crippen LogP contribution in [-0.2, 0) is 0 Å². The maximum atomic E-state index is 13.3. The van der Waals surface area contributed by atoms with Crippen molar-refractivity contribution in [1.29, 1.82) is 0 Å². The highest BCUT2D eigenvalue weighted by Gasteiger charge is 2.18. The van der Waals surface area contributed by atoms with Crippen molar-refractivity contribution >= 4 is 21.6 Å². The maximum absolute atomic E-state index is 13.3. The Morgan fingerprint density at radius 1 is 1.46 bits per heavy atom. The van der Waals surface area contributed by atoms with E-state index in [0.29, 0.717) is 11.7 Å². The van der Waals surface area contributed by atoms with Crippen LogP contribution >= 0.6 is 15.9 Å². The van der Waals surface area contributed by atoms with E-state index in [-0.39, 0.29) is 5.82 Å². The van der Waals surface area contributed by atoms with Crippen LogP contribution in [0.25, 0.3) is 0 Å².